The molecule has 1 N–H and O–H groups in total. The summed E-state index contributed by atoms with van der Waals surface area (Å²) in [5, 5.41) is 7.75. The van der Waals surface area contributed by atoms with E-state index in [1.807, 2.05) is 6.92 Å². The number of anilines is 1. The lowest BCUT2D eigenvalue weighted by atomic mass is 10.1. The van der Waals surface area contributed by atoms with Crippen molar-refractivity contribution < 1.29 is 22.6 Å². The Hall–Kier alpha value is -3.25. The van der Waals surface area contributed by atoms with E-state index in [0.29, 0.717) is 41.9 Å². The molecular weight excluding hydrogens is 472 g/mol. The van der Waals surface area contributed by atoms with Gasteiger partial charge in [-0.3, -0.25) is 19.3 Å². The van der Waals surface area contributed by atoms with Crippen LogP contribution in [0.4, 0.5) is 5.95 Å². The fourth-order valence-corrected chi connectivity index (χ4v) is 5.25. The van der Waals surface area contributed by atoms with Crippen molar-refractivity contribution in [2.24, 2.45) is 0 Å². The van der Waals surface area contributed by atoms with Gasteiger partial charge < -0.3 is 14.2 Å². The van der Waals surface area contributed by atoms with Gasteiger partial charge in [0.15, 0.2) is 0 Å². The molecule has 3 aromatic rings. The molecule has 3 heterocycles. The first-order valence-electron chi connectivity index (χ1n) is 11.3. The summed E-state index contributed by atoms with van der Waals surface area (Å²) < 4.78 is 48.0. The molecule has 0 amide bonds. The van der Waals surface area contributed by atoms with E-state index in [1.165, 1.54) is 14.2 Å². The van der Waals surface area contributed by atoms with E-state index in [4.69, 9.17) is 14.2 Å². The Kier molecular flexibility index (Phi) is 7.22. The Labute approximate surface area is 204 Å². The molecule has 4 rings (SSSR count). The van der Waals surface area contributed by atoms with Crippen LogP contribution in [0.25, 0.3) is 5.69 Å². The molecule has 1 aliphatic heterocycles. The Morgan fingerprint density at radius 1 is 1.11 bits per heavy atom. The summed E-state index contributed by atoms with van der Waals surface area (Å²) in [6.45, 7) is 6.31. The number of benzene rings is 1. The van der Waals surface area contributed by atoms with E-state index in [-0.39, 0.29) is 11.9 Å². The molecule has 0 bridgehead atoms. The molecular formula is C23H30N6O5S. The van der Waals surface area contributed by atoms with E-state index in [2.05, 4.69) is 24.9 Å². The molecule has 0 aliphatic carbocycles. The maximum Gasteiger partial charge on any atom is 0.243 e. The molecule has 1 fully saturated rings. The van der Waals surface area contributed by atoms with Crippen LogP contribution in [0, 0.1) is 6.92 Å². The minimum absolute atomic E-state index is 0.0451. The van der Waals surface area contributed by atoms with Crippen molar-refractivity contribution in [2.45, 2.75) is 44.3 Å². The monoisotopic (exact) mass is 502 g/mol. The number of aromatic nitrogens is 5. The summed E-state index contributed by atoms with van der Waals surface area (Å²) in [5.74, 6) is 1.11. The minimum Gasteiger partial charge on any atom is -0.494 e. The third-order valence-electron chi connectivity index (χ3n) is 6.30. The Morgan fingerprint density at radius 2 is 1.83 bits per heavy atom. The van der Waals surface area contributed by atoms with Gasteiger partial charge in [-0.15, -0.1) is 10.2 Å². The largest absolute Gasteiger partial charge is 0.494 e. The van der Waals surface area contributed by atoms with Gasteiger partial charge in [-0.2, -0.15) is 0 Å². The van der Waals surface area contributed by atoms with Crippen LogP contribution in [0.1, 0.15) is 49.3 Å². The van der Waals surface area contributed by atoms with Gasteiger partial charge >= 0.3 is 0 Å². The first kappa shape index (κ1) is 24.9. The number of aryl methyl sites for hydroxylation is 1. The van der Waals surface area contributed by atoms with Crippen molar-refractivity contribution in [3.05, 3.63) is 47.8 Å². The van der Waals surface area contributed by atoms with Crippen molar-refractivity contribution >= 4 is 16.0 Å². The fourth-order valence-electron chi connectivity index (χ4n) is 4.00. The zero-order valence-electron chi connectivity index (χ0n) is 20.4. The van der Waals surface area contributed by atoms with Gasteiger partial charge in [0.2, 0.25) is 16.0 Å². The lowest BCUT2D eigenvalue weighted by molar-refractivity contribution is 0.193. The second kappa shape index (κ2) is 10.2. The lowest BCUT2D eigenvalue weighted by Gasteiger charge is -2.22. The quantitative estimate of drug-likeness (QED) is 0.469. The lowest BCUT2D eigenvalue weighted by Crippen LogP contribution is -2.31. The van der Waals surface area contributed by atoms with Crippen LogP contribution < -0.4 is 14.2 Å². The number of nitrogens with zero attached hydrogens (tertiary/aromatic N) is 5. The second-order valence-electron chi connectivity index (χ2n) is 8.51. The number of hydrogen-bond acceptors (Lipinski definition) is 9. The summed E-state index contributed by atoms with van der Waals surface area (Å²) in [6.07, 6.45) is 3.97. The fraction of sp³-hybridized carbons (Fsp3) is 0.478. The Bertz CT molecular complexity index is 1250. The van der Waals surface area contributed by atoms with E-state index in [1.54, 1.807) is 49.0 Å². The molecule has 0 saturated carbocycles. The predicted octanol–water partition coefficient (Wildman–Crippen LogP) is 2.82. The van der Waals surface area contributed by atoms with Crippen LogP contribution in [0.5, 0.6) is 11.5 Å². The summed E-state index contributed by atoms with van der Waals surface area (Å²) in [5.41, 5.74) is 1.86. The number of methoxy groups -OCH3 is 2. The average Bonchev–Trinajstić information content (AvgIpc) is 3.52. The molecule has 1 aliphatic rings. The maximum absolute atomic E-state index is 13.5. The average molecular weight is 503 g/mol. The predicted molar refractivity (Wildman–Crippen MR) is 130 cm³/mol. The molecule has 1 saturated heterocycles. The third kappa shape index (κ3) is 4.94. The van der Waals surface area contributed by atoms with Gasteiger partial charge in [0.1, 0.15) is 23.0 Å². The van der Waals surface area contributed by atoms with Crippen LogP contribution in [0.3, 0.4) is 0 Å². The molecule has 0 radical (unpaired) electrons. The Balaban J connectivity index is 1.76. The second-order valence-corrected chi connectivity index (χ2v) is 10.6. The zero-order chi connectivity index (χ0) is 25.2. The van der Waals surface area contributed by atoms with Crippen molar-refractivity contribution in [3.8, 4) is 17.2 Å². The highest BCUT2D eigenvalue weighted by Crippen LogP contribution is 2.38. The topological polar surface area (TPSA) is 130 Å². The van der Waals surface area contributed by atoms with E-state index >= 15 is 0 Å². The minimum atomic E-state index is -3.90. The van der Waals surface area contributed by atoms with Crippen molar-refractivity contribution in [3.63, 3.8) is 0 Å². The molecule has 12 heteroatoms. The molecule has 2 aromatic heterocycles. The highest BCUT2D eigenvalue weighted by Gasteiger charge is 2.33. The van der Waals surface area contributed by atoms with Gasteiger partial charge in [0, 0.05) is 30.8 Å². The Morgan fingerprint density at radius 3 is 2.40 bits per heavy atom. The van der Waals surface area contributed by atoms with Crippen LogP contribution >= 0.6 is 0 Å². The SMILES string of the molecule is COc1cccc(OC)c1-n1c(NS(=O)(=O)[C@@H](C)[C@H](C)c2cnc(C)cn2)nnc1C1CCOC1. The standard InChI is InChI=1S/C23H30N6O5S/c1-14-11-25-18(12-24-14)15(2)16(3)35(30,31)28-23-27-26-22(17-9-10-34-13-17)29(23)21-19(32-4)7-6-8-20(21)33-5/h6-8,11-12,15-17H,9-10,13H2,1-5H3,(H,27,28)/t15-,16-,17?/m0/s1. The molecule has 35 heavy (non-hydrogen) atoms. The summed E-state index contributed by atoms with van der Waals surface area (Å²) in [7, 11) is -0.827. The number of para-hydroxylation sites is 1. The van der Waals surface area contributed by atoms with Crippen LogP contribution in [0.2, 0.25) is 0 Å². The van der Waals surface area contributed by atoms with Crippen LogP contribution in [-0.4, -0.2) is 65.8 Å². The van der Waals surface area contributed by atoms with Crippen molar-refractivity contribution in [1.82, 2.24) is 24.7 Å². The number of sulfonamides is 1. The molecule has 1 aromatic carbocycles. The number of nitrogens with one attached hydrogen (secondary N) is 1. The summed E-state index contributed by atoms with van der Waals surface area (Å²) in [4.78, 5) is 8.60. The van der Waals surface area contributed by atoms with E-state index in [0.717, 1.165) is 12.1 Å². The van der Waals surface area contributed by atoms with Gasteiger partial charge in [0.25, 0.3) is 0 Å². The molecule has 11 nitrogen and oxygen atoms in total. The van der Waals surface area contributed by atoms with Gasteiger partial charge in [-0.25, -0.2) is 8.42 Å². The third-order valence-corrected chi connectivity index (χ3v) is 8.16. The maximum atomic E-state index is 13.5. The molecule has 0 spiro atoms. The highest BCUT2D eigenvalue weighted by atomic mass is 32.2. The molecule has 1 unspecified atom stereocenters. The first-order chi connectivity index (χ1) is 16.8. The van der Waals surface area contributed by atoms with Gasteiger partial charge in [-0.05, 0) is 32.4 Å². The number of hydrogen-bond donors (Lipinski definition) is 1. The first-order valence-corrected chi connectivity index (χ1v) is 12.9. The smallest absolute Gasteiger partial charge is 0.243 e. The summed E-state index contributed by atoms with van der Waals surface area (Å²) >= 11 is 0. The van der Waals surface area contributed by atoms with E-state index in [9.17, 15) is 8.42 Å². The zero-order valence-corrected chi connectivity index (χ0v) is 21.2. The van der Waals surface area contributed by atoms with Crippen LogP contribution in [0.15, 0.2) is 30.6 Å². The van der Waals surface area contributed by atoms with E-state index < -0.39 is 21.2 Å². The van der Waals surface area contributed by atoms with Crippen molar-refractivity contribution in [2.75, 3.05) is 32.2 Å². The van der Waals surface area contributed by atoms with Crippen molar-refractivity contribution in [1.29, 1.82) is 0 Å². The van der Waals surface area contributed by atoms with Gasteiger partial charge in [-0.1, -0.05) is 13.0 Å². The van der Waals surface area contributed by atoms with Gasteiger partial charge in [0.05, 0.1) is 37.5 Å². The molecule has 188 valence electrons. The number of ether oxygens (including phenoxy) is 3. The summed E-state index contributed by atoms with van der Waals surface area (Å²) in [6, 6.07) is 5.33. The number of rotatable bonds is 9. The highest BCUT2D eigenvalue weighted by molar-refractivity contribution is 7.93. The molecule has 3 atom stereocenters. The van der Waals surface area contributed by atoms with Crippen LogP contribution in [-0.2, 0) is 14.8 Å². The normalized spacial score (nSPS) is 17.7.